The second-order valence-electron chi connectivity index (χ2n) is 4.25. The van der Waals surface area contributed by atoms with Gasteiger partial charge in [0.2, 0.25) is 5.95 Å². The molecule has 1 aliphatic rings. The second-order valence-corrected chi connectivity index (χ2v) is 5.14. The number of aromatic nitrogens is 3. The van der Waals surface area contributed by atoms with Crippen molar-refractivity contribution in [1.82, 2.24) is 25.2 Å². The minimum absolute atomic E-state index is 0.00995. The molecule has 104 valence electrons. The van der Waals surface area contributed by atoms with E-state index in [0.29, 0.717) is 19.0 Å². The summed E-state index contributed by atoms with van der Waals surface area (Å²) in [6.07, 6.45) is 3.45. The highest BCUT2D eigenvalue weighted by Gasteiger charge is 2.18. The number of anilines is 1. The van der Waals surface area contributed by atoms with Crippen LogP contribution < -0.4 is 10.6 Å². The number of hydrogen-bond donors (Lipinski definition) is 2. The summed E-state index contributed by atoms with van der Waals surface area (Å²) < 4.78 is 0. The van der Waals surface area contributed by atoms with Gasteiger partial charge in [-0.15, -0.1) is 11.3 Å². The molecule has 1 aliphatic heterocycles. The third kappa shape index (κ3) is 2.85. The van der Waals surface area contributed by atoms with Crippen LogP contribution in [0.25, 0.3) is 10.7 Å². The number of thiazole rings is 1. The first-order valence-corrected chi connectivity index (χ1v) is 7.20. The van der Waals surface area contributed by atoms with Crippen LogP contribution in [0.3, 0.4) is 0 Å². The molecule has 0 bridgehead atoms. The number of nitrogens with zero attached hydrogens (tertiary/aromatic N) is 4. The molecule has 7 nitrogen and oxygen atoms in total. The number of hydrogen-bond acceptors (Lipinski definition) is 6. The number of urea groups is 1. The first-order chi connectivity index (χ1) is 9.83. The fraction of sp³-hybridized carbons (Fsp3) is 0.333. The molecular weight excluding hydrogens is 276 g/mol. The van der Waals surface area contributed by atoms with Crippen molar-refractivity contribution in [2.45, 2.75) is 0 Å². The van der Waals surface area contributed by atoms with Crippen LogP contribution in [0.2, 0.25) is 0 Å². The average molecular weight is 290 g/mol. The van der Waals surface area contributed by atoms with Crippen LogP contribution in [-0.4, -0.2) is 52.1 Å². The van der Waals surface area contributed by atoms with Gasteiger partial charge >= 0.3 is 6.03 Å². The van der Waals surface area contributed by atoms with Crippen LogP contribution in [0.1, 0.15) is 0 Å². The topological polar surface area (TPSA) is 83.0 Å². The molecule has 0 radical (unpaired) electrons. The Morgan fingerprint density at radius 3 is 3.10 bits per heavy atom. The predicted molar refractivity (Wildman–Crippen MR) is 76.6 cm³/mol. The second kappa shape index (κ2) is 5.83. The van der Waals surface area contributed by atoms with Crippen LogP contribution in [0.4, 0.5) is 10.7 Å². The molecule has 0 aliphatic carbocycles. The molecule has 1 saturated heterocycles. The van der Waals surface area contributed by atoms with E-state index in [1.165, 1.54) is 11.3 Å². The Morgan fingerprint density at radius 1 is 1.40 bits per heavy atom. The summed E-state index contributed by atoms with van der Waals surface area (Å²) in [5, 5.41) is 8.68. The lowest BCUT2D eigenvalue weighted by Gasteiger charge is -2.14. The van der Waals surface area contributed by atoms with Crippen LogP contribution in [0, 0.1) is 0 Å². The summed E-state index contributed by atoms with van der Waals surface area (Å²) in [6, 6.07) is 1.82. The lowest BCUT2D eigenvalue weighted by atomic mass is 10.4. The Hall–Kier alpha value is -2.22. The van der Waals surface area contributed by atoms with E-state index in [9.17, 15) is 4.79 Å². The molecule has 3 heterocycles. The molecule has 3 rings (SSSR count). The first-order valence-electron chi connectivity index (χ1n) is 6.32. The zero-order valence-electron chi connectivity index (χ0n) is 10.7. The van der Waals surface area contributed by atoms with E-state index in [1.807, 2.05) is 11.4 Å². The van der Waals surface area contributed by atoms with Gasteiger partial charge in [-0.3, -0.25) is 0 Å². The lowest BCUT2D eigenvalue weighted by Crippen LogP contribution is -2.32. The van der Waals surface area contributed by atoms with E-state index in [-0.39, 0.29) is 6.03 Å². The quantitative estimate of drug-likeness (QED) is 0.859. The third-order valence-electron chi connectivity index (χ3n) is 2.92. The minimum Gasteiger partial charge on any atom is -0.352 e. The molecule has 8 heteroatoms. The van der Waals surface area contributed by atoms with Crippen molar-refractivity contribution < 1.29 is 4.79 Å². The summed E-state index contributed by atoms with van der Waals surface area (Å²) in [5.41, 5.74) is 0.802. The molecule has 0 aromatic carbocycles. The predicted octanol–water partition coefficient (Wildman–Crippen LogP) is 1.04. The monoisotopic (exact) mass is 290 g/mol. The molecule has 2 aromatic heterocycles. The molecule has 2 N–H and O–H groups in total. The summed E-state index contributed by atoms with van der Waals surface area (Å²) in [5.74, 6) is 0.553. The van der Waals surface area contributed by atoms with Gasteiger partial charge in [0.15, 0.2) is 0 Å². The molecule has 0 atom stereocenters. The zero-order valence-corrected chi connectivity index (χ0v) is 11.6. The average Bonchev–Trinajstić information content (AvgIpc) is 3.12. The van der Waals surface area contributed by atoms with Gasteiger partial charge in [0, 0.05) is 44.0 Å². The fourth-order valence-corrected chi connectivity index (χ4v) is 2.55. The lowest BCUT2D eigenvalue weighted by molar-refractivity contribution is 0.219. The smallest absolute Gasteiger partial charge is 0.317 e. The summed E-state index contributed by atoms with van der Waals surface area (Å²) in [6.45, 7) is 2.72. The largest absolute Gasteiger partial charge is 0.352 e. The van der Waals surface area contributed by atoms with Crippen molar-refractivity contribution >= 4 is 23.3 Å². The van der Waals surface area contributed by atoms with E-state index < -0.39 is 0 Å². The van der Waals surface area contributed by atoms with E-state index in [1.54, 1.807) is 17.3 Å². The van der Waals surface area contributed by atoms with E-state index >= 15 is 0 Å². The number of nitrogens with one attached hydrogen (secondary N) is 2. The fourth-order valence-electron chi connectivity index (χ4n) is 1.94. The zero-order chi connectivity index (χ0) is 13.8. The van der Waals surface area contributed by atoms with E-state index in [2.05, 4.69) is 25.6 Å². The van der Waals surface area contributed by atoms with Gasteiger partial charge in [-0.25, -0.2) is 19.7 Å². The number of carbonyl (C=O) groups is 1. The van der Waals surface area contributed by atoms with Crippen molar-refractivity contribution in [3.63, 3.8) is 0 Å². The Balaban J connectivity index is 1.58. The van der Waals surface area contributed by atoms with Crippen LogP contribution in [-0.2, 0) is 0 Å². The number of carbonyl (C=O) groups excluding carboxylic acids is 1. The van der Waals surface area contributed by atoms with Crippen LogP contribution >= 0.6 is 11.3 Å². The van der Waals surface area contributed by atoms with Gasteiger partial charge in [0.25, 0.3) is 0 Å². The van der Waals surface area contributed by atoms with Crippen LogP contribution in [0.15, 0.2) is 23.8 Å². The Morgan fingerprint density at radius 2 is 2.35 bits per heavy atom. The Bertz CT molecular complexity index is 587. The highest BCUT2D eigenvalue weighted by molar-refractivity contribution is 7.13. The Labute approximate surface area is 120 Å². The number of amides is 2. The molecular formula is C12H14N6OS. The summed E-state index contributed by atoms with van der Waals surface area (Å²) in [7, 11) is 0. The molecule has 2 amide bonds. The third-order valence-corrected chi connectivity index (χ3v) is 3.71. The first kappa shape index (κ1) is 12.8. The SMILES string of the molecule is O=C1NCCN1CCNc1nccc(-c2nccs2)n1. The molecule has 20 heavy (non-hydrogen) atoms. The molecule has 2 aromatic rings. The maximum absolute atomic E-state index is 11.4. The van der Waals surface area contributed by atoms with Gasteiger partial charge in [0.05, 0.1) is 0 Å². The maximum atomic E-state index is 11.4. The maximum Gasteiger partial charge on any atom is 0.317 e. The van der Waals surface area contributed by atoms with Crippen molar-refractivity contribution in [1.29, 1.82) is 0 Å². The van der Waals surface area contributed by atoms with Gasteiger partial charge < -0.3 is 15.5 Å². The minimum atomic E-state index is -0.00995. The highest BCUT2D eigenvalue weighted by Crippen LogP contribution is 2.19. The van der Waals surface area contributed by atoms with Gasteiger partial charge in [-0.1, -0.05) is 0 Å². The summed E-state index contributed by atoms with van der Waals surface area (Å²) >= 11 is 1.54. The standard InChI is InChI=1S/C12H14N6OS/c19-12-16-4-7-18(12)6-3-15-11-14-2-1-9(17-11)10-13-5-8-20-10/h1-2,5,8H,3-4,6-7H2,(H,16,19)(H,14,15,17). The van der Waals surface area contributed by atoms with Crippen molar-refractivity contribution in [3.8, 4) is 10.7 Å². The molecule has 0 saturated carbocycles. The van der Waals surface area contributed by atoms with Crippen LogP contribution in [0.5, 0.6) is 0 Å². The van der Waals surface area contributed by atoms with Gasteiger partial charge in [-0.05, 0) is 6.07 Å². The van der Waals surface area contributed by atoms with E-state index in [0.717, 1.165) is 23.8 Å². The number of rotatable bonds is 5. The molecule has 0 spiro atoms. The van der Waals surface area contributed by atoms with Gasteiger partial charge in [0.1, 0.15) is 10.7 Å². The summed E-state index contributed by atoms with van der Waals surface area (Å²) in [4.78, 5) is 25.9. The van der Waals surface area contributed by atoms with Gasteiger partial charge in [-0.2, -0.15) is 0 Å². The van der Waals surface area contributed by atoms with E-state index in [4.69, 9.17) is 0 Å². The van der Waals surface area contributed by atoms with Crippen molar-refractivity contribution in [2.24, 2.45) is 0 Å². The molecule has 0 unspecified atom stereocenters. The highest BCUT2D eigenvalue weighted by atomic mass is 32.1. The molecule has 1 fully saturated rings. The normalized spacial score (nSPS) is 14.4. The van der Waals surface area contributed by atoms with Crippen molar-refractivity contribution in [3.05, 3.63) is 23.8 Å². The van der Waals surface area contributed by atoms with Crippen molar-refractivity contribution in [2.75, 3.05) is 31.5 Å². The Kier molecular flexibility index (Phi) is 3.73.